The summed E-state index contributed by atoms with van der Waals surface area (Å²) in [7, 11) is 0. The predicted octanol–water partition coefficient (Wildman–Crippen LogP) is 4.66. The lowest BCUT2D eigenvalue weighted by Crippen LogP contribution is -2.57. The maximum absolute atomic E-state index is 12.5. The third-order valence-electron chi connectivity index (χ3n) is 3.47. The van der Waals surface area contributed by atoms with Gasteiger partial charge in [-0.3, -0.25) is 4.79 Å². The van der Waals surface area contributed by atoms with E-state index in [1.807, 2.05) is 13.8 Å². The summed E-state index contributed by atoms with van der Waals surface area (Å²) in [5.41, 5.74) is -0.724. The first-order valence-corrected chi connectivity index (χ1v) is 9.37. The maximum atomic E-state index is 12.5. The van der Waals surface area contributed by atoms with E-state index in [4.69, 9.17) is 0 Å². The zero-order valence-corrected chi connectivity index (χ0v) is 16.9. The van der Waals surface area contributed by atoms with Gasteiger partial charge in [-0.25, -0.2) is 0 Å². The van der Waals surface area contributed by atoms with Crippen molar-refractivity contribution in [2.75, 3.05) is 0 Å². The van der Waals surface area contributed by atoms with E-state index in [0.717, 1.165) is 12.8 Å². The van der Waals surface area contributed by atoms with Gasteiger partial charge in [0.1, 0.15) is 0 Å². The van der Waals surface area contributed by atoms with Crippen LogP contribution in [0.3, 0.4) is 0 Å². The molecule has 1 unspecified atom stereocenters. The van der Waals surface area contributed by atoms with Gasteiger partial charge in [0.2, 0.25) is 0 Å². The van der Waals surface area contributed by atoms with Gasteiger partial charge in [-0.2, -0.15) is 0 Å². The van der Waals surface area contributed by atoms with Crippen LogP contribution in [0.15, 0.2) is 11.6 Å². The van der Waals surface area contributed by atoms with Gasteiger partial charge >= 0.3 is 0 Å². The molecule has 0 fully saturated rings. The highest BCUT2D eigenvalue weighted by Crippen LogP contribution is 2.50. The van der Waals surface area contributed by atoms with Gasteiger partial charge < -0.3 is 10.0 Å². The SMILES string of the molecule is CCCCCCC1=CC(O)(C(Br)(Br)Br)N(C(C)C)C1=O. The number of halogens is 3. The van der Waals surface area contributed by atoms with Gasteiger partial charge in [0, 0.05) is 11.6 Å². The summed E-state index contributed by atoms with van der Waals surface area (Å²) in [5.74, 6) is -0.0817. The summed E-state index contributed by atoms with van der Waals surface area (Å²) in [5, 5.41) is 10.9. The summed E-state index contributed by atoms with van der Waals surface area (Å²) in [4.78, 5) is 14.0. The first-order valence-electron chi connectivity index (χ1n) is 6.99. The molecule has 0 aromatic carbocycles. The summed E-state index contributed by atoms with van der Waals surface area (Å²) in [6, 6.07) is -0.0936. The number of alkyl halides is 3. The molecular weight excluding hydrogens is 454 g/mol. The van der Waals surface area contributed by atoms with Crippen LogP contribution in [0.2, 0.25) is 0 Å². The van der Waals surface area contributed by atoms with E-state index < -0.39 is 7.87 Å². The van der Waals surface area contributed by atoms with Crippen molar-refractivity contribution in [3.05, 3.63) is 11.6 Å². The van der Waals surface area contributed by atoms with Crippen LogP contribution < -0.4 is 0 Å². The number of hydrogen-bond donors (Lipinski definition) is 1. The zero-order chi connectivity index (χ0) is 15.6. The number of hydrogen-bond acceptors (Lipinski definition) is 2. The molecule has 0 aliphatic carbocycles. The Morgan fingerprint density at radius 1 is 1.30 bits per heavy atom. The van der Waals surface area contributed by atoms with Crippen molar-refractivity contribution in [2.24, 2.45) is 0 Å². The summed E-state index contributed by atoms with van der Waals surface area (Å²) >= 11 is 10.1. The maximum Gasteiger partial charge on any atom is 0.252 e. The fraction of sp³-hybridized carbons (Fsp3) is 0.786. The van der Waals surface area contributed by atoms with Crippen LogP contribution in [-0.4, -0.2) is 29.8 Å². The molecule has 6 heteroatoms. The first-order chi connectivity index (χ1) is 9.15. The van der Waals surface area contributed by atoms with Crippen LogP contribution in [0.4, 0.5) is 0 Å². The Balaban J connectivity index is 2.92. The molecule has 1 heterocycles. The lowest BCUT2D eigenvalue weighted by Gasteiger charge is -2.41. The van der Waals surface area contributed by atoms with Crippen molar-refractivity contribution in [1.29, 1.82) is 0 Å². The Kier molecular flexibility index (Phi) is 6.76. The molecule has 116 valence electrons. The molecule has 0 aromatic rings. The molecule has 1 amide bonds. The molecule has 0 saturated carbocycles. The highest BCUT2D eigenvalue weighted by Gasteiger charge is 2.55. The second kappa shape index (κ2) is 7.25. The van der Waals surface area contributed by atoms with Crippen LogP contribution in [0.25, 0.3) is 0 Å². The fourth-order valence-electron chi connectivity index (χ4n) is 2.45. The lowest BCUT2D eigenvalue weighted by molar-refractivity contribution is -0.144. The lowest BCUT2D eigenvalue weighted by atomic mass is 10.1. The number of nitrogens with zero attached hydrogens (tertiary/aromatic N) is 1. The number of aliphatic hydroxyl groups is 1. The smallest absolute Gasteiger partial charge is 0.252 e. The van der Waals surface area contributed by atoms with Crippen molar-refractivity contribution in [3.8, 4) is 0 Å². The van der Waals surface area contributed by atoms with E-state index in [-0.39, 0.29) is 11.9 Å². The zero-order valence-electron chi connectivity index (χ0n) is 12.1. The van der Waals surface area contributed by atoms with Crippen molar-refractivity contribution in [3.63, 3.8) is 0 Å². The summed E-state index contributed by atoms with van der Waals surface area (Å²) in [6.07, 6.45) is 6.82. The molecule has 1 N–H and O–H groups in total. The Bertz CT molecular complexity index is 390. The van der Waals surface area contributed by atoms with E-state index in [1.54, 1.807) is 6.08 Å². The highest BCUT2D eigenvalue weighted by atomic mass is 80.0. The molecule has 0 spiro atoms. The second-order valence-corrected chi connectivity index (χ2v) is 12.2. The van der Waals surface area contributed by atoms with Gasteiger partial charge in [-0.1, -0.05) is 74.0 Å². The molecule has 1 aliphatic rings. The minimum absolute atomic E-state index is 0.0817. The fourth-order valence-corrected chi connectivity index (χ4v) is 3.37. The molecule has 0 radical (unpaired) electrons. The third-order valence-corrected chi connectivity index (χ3v) is 5.22. The molecule has 0 bridgehead atoms. The Hall–Kier alpha value is 0.610. The number of amides is 1. The quantitative estimate of drug-likeness (QED) is 0.448. The average molecular weight is 476 g/mol. The van der Waals surface area contributed by atoms with Crippen molar-refractivity contribution in [2.45, 2.75) is 66.8 Å². The van der Waals surface area contributed by atoms with E-state index >= 15 is 0 Å². The molecule has 20 heavy (non-hydrogen) atoms. The van der Waals surface area contributed by atoms with Crippen LogP contribution in [0, 0.1) is 0 Å². The van der Waals surface area contributed by atoms with E-state index in [2.05, 4.69) is 54.7 Å². The Morgan fingerprint density at radius 2 is 1.90 bits per heavy atom. The van der Waals surface area contributed by atoms with Gasteiger partial charge in [0.05, 0.1) is 0 Å². The van der Waals surface area contributed by atoms with E-state index in [1.165, 1.54) is 17.7 Å². The van der Waals surface area contributed by atoms with Gasteiger partial charge in [-0.05, 0) is 32.8 Å². The minimum Gasteiger partial charge on any atom is -0.365 e. The number of rotatable bonds is 6. The number of carbonyl (C=O) groups is 1. The van der Waals surface area contributed by atoms with E-state index in [0.29, 0.717) is 12.0 Å². The number of unbranched alkanes of at least 4 members (excludes halogenated alkanes) is 3. The predicted molar refractivity (Wildman–Crippen MR) is 93.3 cm³/mol. The van der Waals surface area contributed by atoms with Crippen LogP contribution >= 0.6 is 47.8 Å². The van der Waals surface area contributed by atoms with Gasteiger partial charge in [0.15, 0.2) is 7.87 Å². The molecule has 1 rings (SSSR count). The van der Waals surface area contributed by atoms with Crippen LogP contribution in [-0.2, 0) is 4.79 Å². The first kappa shape index (κ1) is 18.7. The Morgan fingerprint density at radius 3 is 2.30 bits per heavy atom. The summed E-state index contributed by atoms with van der Waals surface area (Å²) in [6.45, 7) is 5.96. The second-order valence-electron chi connectivity index (χ2n) is 5.47. The Labute approximate surface area is 146 Å². The normalized spacial score (nSPS) is 23.7. The van der Waals surface area contributed by atoms with Crippen molar-refractivity contribution < 1.29 is 9.90 Å². The molecule has 0 aromatic heterocycles. The standard InChI is InChI=1S/C14H22Br3NO2/c1-4-5-6-7-8-11-9-13(20,14(15,16)17)18(10(2)3)12(11)19/h9-10,20H,4-8H2,1-3H3. The highest BCUT2D eigenvalue weighted by molar-refractivity contribution is 9.39. The van der Waals surface area contributed by atoms with Gasteiger partial charge in [0.25, 0.3) is 5.91 Å². The average Bonchev–Trinajstić information content (AvgIpc) is 2.57. The molecule has 1 aliphatic heterocycles. The van der Waals surface area contributed by atoms with Crippen LogP contribution in [0.5, 0.6) is 0 Å². The molecule has 3 nitrogen and oxygen atoms in total. The van der Waals surface area contributed by atoms with Crippen molar-refractivity contribution in [1.82, 2.24) is 4.90 Å². The largest absolute Gasteiger partial charge is 0.365 e. The molecule has 1 atom stereocenters. The molecule has 0 saturated heterocycles. The van der Waals surface area contributed by atoms with E-state index in [9.17, 15) is 9.90 Å². The van der Waals surface area contributed by atoms with Crippen LogP contribution in [0.1, 0.15) is 52.9 Å². The topological polar surface area (TPSA) is 40.5 Å². The van der Waals surface area contributed by atoms with Crippen molar-refractivity contribution >= 4 is 53.7 Å². The third kappa shape index (κ3) is 3.87. The molecular formula is C14H22Br3NO2. The van der Waals surface area contributed by atoms with Gasteiger partial charge in [-0.15, -0.1) is 0 Å². The number of carbonyl (C=O) groups excluding carboxylic acids is 1. The summed E-state index contributed by atoms with van der Waals surface area (Å²) < 4.78 is -0.953. The minimum atomic E-state index is -1.42. The monoisotopic (exact) mass is 473 g/mol.